The average molecular weight is 361 g/mol. The van der Waals surface area contributed by atoms with Crippen molar-refractivity contribution in [2.24, 2.45) is 0 Å². The topological polar surface area (TPSA) is 46.2 Å². The molecule has 2 aromatic carbocycles. The summed E-state index contributed by atoms with van der Waals surface area (Å²) in [7, 11) is -3.59. The summed E-state index contributed by atoms with van der Waals surface area (Å²) in [4.78, 5) is 0.217. The van der Waals surface area contributed by atoms with E-state index < -0.39 is 10.0 Å². The van der Waals surface area contributed by atoms with E-state index in [1.54, 1.807) is 42.5 Å². The number of sulfonamides is 1. The Morgan fingerprint density at radius 1 is 1.11 bits per heavy atom. The summed E-state index contributed by atoms with van der Waals surface area (Å²) in [5, 5.41) is 0.455. The van der Waals surface area contributed by atoms with Crippen LogP contribution >= 0.6 is 27.5 Å². The number of aryl methyl sites for hydroxylation is 1. The average Bonchev–Trinajstić information content (AvgIpc) is 2.27. The molecule has 0 aromatic heterocycles. The molecule has 0 bridgehead atoms. The molecule has 0 atom stereocenters. The van der Waals surface area contributed by atoms with Crippen molar-refractivity contribution in [3.05, 3.63) is 57.5 Å². The Hall–Kier alpha value is -1.04. The highest BCUT2D eigenvalue weighted by Crippen LogP contribution is 2.25. The normalized spacial score (nSPS) is 11.3. The number of hydrogen-bond donors (Lipinski definition) is 1. The smallest absolute Gasteiger partial charge is 0.261 e. The Labute approximate surface area is 125 Å². The quantitative estimate of drug-likeness (QED) is 0.891. The van der Waals surface area contributed by atoms with E-state index in [-0.39, 0.29) is 4.90 Å². The fourth-order valence-corrected chi connectivity index (χ4v) is 3.44. The molecule has 0 radical (unpaired) electrons. The van der Waals surface area contributed by atoms with Crippen molar-refractivity contribution in [3.8, 4) is 0 Å². The van der Waals surface area contributed by atoms with Crippen molar-refractivity contribution in [3.63, 3.8) is 0 Å². The number of hydrogen-bond acceptors (Lipinski definition) is 2. The number of benzene rings is 2. The van der Waals surface area contributed by atoms with Crippen LogP contribution < -0.4 is 4.72 Å². The van der Waals surface area contributed by atoms with E-state index in [0.29, 0.717) is 15.2 Å². The molecule has 0 aliphatic rings. The lowest BCUT2D eigenvalue weighted by Gasteiger charge is -2.09. The highest BCUT2D eigenvalue weighted by atomic mass is 79.9. The molecular weight excluding hydrogens is 350 g/mol. The summed E-state index contributed by atoms with van der Waals surface area (Å²) >= 11 is 9.15. The van der Waals surface area contributed by atoms with Crippen LogP contribution in [0, 0.1) is 6.92 Å². The predicted molar refractivity (Wildman–Crippen MR) is 81.1 cm³/mol. The van der Waals surface area contributed by atoms with Gasteiger partial charge in [-0.15, -0.1) is 0 Å². The molecule has 100 valence electrons. The minimum atomic E-state index is -3.59. The van der Waals surface area contributed by atoms with E-state index in [1.807, 2.05) is 6.92 Å². The Morgan fingerprint density at radius 2 is 1.74 bits per heavy atom. The van der Waals surface area contributed by atoms with Gasteiger partial charge in [0.05, 0.1) is 10.6 Å². The summed E-state index contributed by atoms with van der Waals surface area (Å²) < 4.78 is 27.5. The van der Waals surface area contributed by atoms with Gasteiger partial charge >= 0.3 is 0 Å². The van der Waals surface area contributed by atoms with E-state index in [4.69, 9.17) is 11.6 Å². The van der Waals surface area contributed by atoms with Crippen LogP contribution in [-0.2, 0) is 10.0 Å². The first kappa shape index (κ1) is 14.4. The lowest BCUT2D eigenvalue weighted by molar-refractivity contribution is 0.601. The Bertz CT molecular complexity index is 679. The first-order chi connectivity index (χ1) is 8.87. The van der Waals surface area contributed by atoms with Gasteiger partial charge in [0.1, 0.15) is 0 Å². The SMILES string of the molecule is Cc1ccc(S(=O)(=O)Nc2cc(Cl)cc(Br)c2)cc1. The molecule has 19 heavy (non-hydrogen) atoms. The van der Waals surface area contributed by atoms with Crippen molar-refractivity contribution in [2.45, 2.75) is 11.8 Å². The van der Waals surface area contributed by atoms with Gasteiger partial charge in [-0.3, -0.25) is 4.72 Å². The van der Waals surface area contributed by atoms with Crippen molar-refractivity contribution >= 4 is 43.2 Å². The van der Waals surface area contributed by atoms with Crippen molar-refractivity contribution in [2.75, 3.05) is 4.72 Å². The Balaban J connectivity index is 2.33. The second-order valence-corrected chi connectivity index (χ2v) is 7.11. The first-order valence-electron chi connectivity index (χ1n) is 5.42. The first-order valence-corrected chi connectivity index (χ1v) is 8.08. The van der Waals surface area contributed by atoms with E-state index in [2.05, 4.69) is 20.7 Å². The van der Waals surface area contributed by atoms with Gasteiger partial charge in [-0.25, -0.2) is 8.42 Å². The molecule has 0 spiro atoms. The standard InChI is InChI=1S/C13H11BrClNO2S/c1-9-2-4-13(5-3-9)19(17,18)16-12-7-10(14)6-11(15)8-12/h2-8,16H,1H3. The van der Waals surface area contributed by atoms with Gasteiger partial charge < -0.3 is 0 Å². The minimum Gasteiger partial charge on any atom is -0.280 e. The van der Waals surface area contributed by atoms with Gasteiger partial charge in [-0.2, -0.15) is 0 Å². The lowest BCUT2D eigenvalue weighted by atomic mass is 10.2. The van der Waals surface area contributed by atoms with Gasteiger partial charge in [0, 0.05) is 9.50 Å². The fourth-order valence-electron chi connectivity index (χ4n) is 1.54. The van der Waals surface area contributed by atoms with Gasteiger partial charge in [0.25, 0.3) is 10.0 Å². The highest BCUT2D eigenvalue weighted by Gasteiger charge is 2.14. The second-order valence-electron chi connectivity index (χ2n) is 4.08. The van der Waals surface area contributed by atoms with Crippen molar-refractivity contribution in [1.82, 2.24) is 0 Å². The van der Waals surface area contributed by atoms with Crippen LogP contribution in [0.1, 0.15) is 5.56 Å². The molecular formula is C13H11BrClNO2S. The number of nitrogens with one attached hydrogen (secondary N) is 1. The van der Waals surface area contributed by atoms with Crippen LogP contribution in [0.25, 0.3) is 0 Å². The largest absolute Gasteiger partial charge is 0.280 e. The molecule has 0 unspecified atom stereocenters. The van der Waals surface area contributed by atoms with Gasteiger partial charge in [-0.1, -0.05) is 45.2 Å². The van der Waals surface area contributed by atoms with Crippen LogP contribution in [0.4, 0.5) is 5.69 Å². The van der Waals surface area contributed by atoms with Crippen LogP contribution in [0.3, 0.4) is 0 Å². The summed E-state index contributed by atoms with van der Waals surface area (Å²) in [6, 6.07) is 11.5. The van der Waals surface area contributed by atoms with Crippen LogP contribution in [-0.4, -0.2) is 8.42 Å². The van der Waals surface area contributed by atoms with Crippen molar-refractivity contribution in [1.29, 1.82) is 0 Å². The van der Waals surface area contributed by atoms with Crippen LogP contribution in [0.2, 0.25) is 5.02 Å². The maximum atomic E-state index is 12.2. The van der Waals surface area contributed by atoms with E-state index in [9.17, 15) is 8.42 Å². The summed E-state index contributed by atoms with van der Waals surface area (Å²) in [5.41, 5.74) is 1.42. The Kier molecular flexibility index (Phi) is 4.18. The third kappa shape index (κ3) is 3.72. The van der Waals surface area contributed by atoms with E-state index in [1.165, 1.54) is 0 Å². The zero-order chi connectivity index (χ0) is 14.0. The second kappa shape index (κ2) is 5.53. The molecule has 0 saturated carbocycles. The van der Waals surface area contributed by atoms with Gasteiger partial charge in [0.2, 0.25) is 0 Å². The highest BCUT2D eigenvalue weighted by molar-refractivity contribution is 9.10. The maximum absolute atomic E-state index is 12.2. The molecule has 0 fully saturated rings. The molecule has 2 aromatic rings. The number of halogens is 2. The predicted octanol–water partition coefficient (Wildman–Crippen LogP) is 4.21. The third-order valence-corrected chi connectivity index (χ3v) is 4.52. The molecule has 1 N–H and O–H groups in total. The fraction of sp³-hybridized carbons (Fsp3) is 0.0769. The summed E-state index contributed by atoms with van der Waals surface area (Å²) in [6.07, 6.45) is 0. The lowest BCUT2D eigenvalue weighted by Crippen LogP contribution is -2.12. The van der Waals surface area contributed by atoms with Crippen LogP contribution in [0.5, 0.6) is 0 Å². The Morgan fingerprint density at radius 3 is 2.32 bits per heavy atom. The summed E-state index contributed by atoms with van der Waals surface area (Å²) in [5.74, 6) is 0. The molecule has 0 aliphatic heterocycles. The van der Waals surface area contributed by atoms with Crippen molar-refractivity contribution < 1.29 is 8.42 Å². The molecule has 0 amide bonds. The molecule has 6 heteroatoms. The molecule has 0 saturated heterocycles. The van der Waals surface area contributed by atoms with E-state index >= 15 is 0 Å². The molecule has 0 aliphatic carbocycles. The zero-order valence-corrected chi connectivity index (χ0v) is 13.2. The minimum absolute atomic E-state index is 0.217. The molecule has 3 nitrogen and oxygen atoms in total. The number of rotatable bonds is 3. The van der Waals surface area contributed by atoms with Crippen LogP contribution in [0.15, 0.2) is 51.8 Å². The van der Waals surface area contributed by atoms with E-state index in [0.717, 1.165) is 5.56 Å². The zero-order valence-electron chi connectivity index (χ0n) is 10.0. The monoisotopic (exact) mass is 359 g/mol. The molecule has 2 rings (SSSR count). The van der Waals surface area contributed by atoms with Gasteiger partial charge in [0.15, 0.2) is 0 Å². The molecule has 0 heterocycles. The third-order valence-electron chi connectivity index (χ3n) is 2.45. The number of anilines is 1. The van der Waals surface area contributed by atoms with Gasteiger partial charge in [-0.05, 0) is 37.3 Å². The maximum Gasteiger partial charge on any atom is 0.261 e. The summed E-state index contributed by atoms with van der Waals surface area (Å²) in [6.45, 7) is 1.90.